The summed E-state index contributed by atoms with van der Waals surface area (Å²) in [5.41, 5.74) is 1.97. The van der Waals surface area contributed by atoms with Gasteiger partial charge in [0.05, 0.1) is 12.5 Å². The van der Waals surface area contributed by atoms with E-state index in [1.807, 2.05) is 60.7 Å². The van der Waals surface area contributed by atoms with Crippen LogP contribution in [0.1, 0.15) is 40.0 Å². The summed E-state index contributed by atoms with van der Waals surface area (Å²) < 4.78 is 13.2. The average Bonchev–Trinajstić information content (AvgIpc) is 3.15. The molecule has 150 valence electrons. The predicted molar refractivity (Wildman–Crippen MR) is 111 cm³/mol. The molecule has 0 spiro atoms. The third kappa shape index (κ3) is 3.85. The second-order valence-electron chi connectivity index (χ2n) is 7.02. The monoisotopic (exact) mass is 402 g/mol. The van der Waals surface area contributed by atoms with Gasteiger partial charge in [0.2, 0.25) is 0 Å². The summed E-state index contributed by atoms with van der Waals surface area (Å²) in [6.45, 7) is 0. The lowest BCUT2D eigenvalue weighted by molar-refractivity contribution is 0.0997. The molecular formula is C24H19FN2O3. The number of aliphatic imine (C=N–C) groups is 1. The Morgan fingerprint density at radius 1 is 0.867 bits per heavy atom. The molecule has 5 nitrogen and oxygen atoms in total. The van der Waals surface area contributed by atoms with Gasteiger partial charge in [-0.15, -0.1) is 0 Å². The van der Waals surface area contributed by atoms with Gasteiger partial charge in [0.15, 0.2) is 5.78 Å². The molecule has 30 heavy (non-hydrogen) atoms. The van der Waals surface area contributed by atoms with Crippen LogP contribution in [0.15, 0.2) is 89.9 Å². The van der Waals surface area contributed by atoms with E-state index in [2.05, 4.69) is 4.99 Å². The molecule has 3 aromatic rings. The van der Waals surface area contributed by atoms with Crippen LogP contribution in [0, 0.1) is 5.82 Å². The van der Waals surface area contributed by atoms with Crippen LogP contribution in [0.4, 0.5) is 9.18 Å². The molecule has 0 radical (unpaired) electrons. The molecule has 1 aliphatic rings. The maximum Gasteiger partial charge on any atom is 0.413 e. The van der Waals surface area contributed by atoms with Gasteiger partial charge in [0.1, 0.15) is 17.7 Å². The van der Waals surface area contributed by atoms with Gasteiger partial charge in [0.25, 0.3) is 0 Å². The average molecular weight is 402 g/mol. The Bertz CT molecular complexity index is 1080. The maximum atomic E-state index is 13.2. The second-order valence-corrected chi connectivity index (χ2v) is 7.02. The topological polar surface area (TPSA) is 70.0 Å². The van der Waals surface area contributed by atoms with E-state index in [4.69, 9.17) is 0 Å². The fourth-order valence-electron chi connectivity index (χ4n) is 3.73. The molecule has 6 heteroatoms. The van der Waals surface area contributed by atoms with Gasteiger partial charge >= 0.3 is 6.09 Å². The van der Waals surface area contributed by atoms with Crippen LogP contribution in [0.3, 0.4) is 0 Å². The van der Waals surface area contributed by atoms with E-state index in [9.17, 15) is 19.1 Å². The van der Waals surface area contributed by atoms with Crippen molar-refractivity contribution in [2.24, 2.45) is 4.99 Å². The highest BCUT2D eigenvalue weighted by atomic mass is 19.1. The van der Waals surface area contributed by atoms with Crippen LogP contribution < -0.4 is 0 Å². The molecular weight excluding hydrogens is 383 g/mol. The second kappa shape index (κ2) is 8.29. The third-order valence-corrected chi connectivity index (χ3v) is 5.12. The van der Waals surface area contributed by atoms with E-state index in [-0.39, 0.29) is 18.0 Å². The van der Waals surface area contributed by atoms with Crippen LogP contribution in [-0.2, 0) is 0 Å². The first-order valence-corrected chi connectivity index (χ1v) is 9.52. The van der Waals surface area contributed by atoms with Crippen molar-refractivity contribution in [3.63, 3.8) is 0 Å². The fourth-order valence-corrected chi connectivity index (χ4v) is 3.73. The SMILES string of the molecule is O=C(CC1=N[C@@H](c2ccccc2)[C@@H](c2ccccc2)N1C(=O)O)c1ccc(F)cc1. The summed E-state index contributed by atoms with van der Waals surface area (Å²) in [6.07, 6.45) is -1.36. The molecule has 0 saturated heterocycles. The molecule has 0 unspecified atom stereocenters. The van der Waals surface area contributed by atoms with Gasteiger partial charge in [-0.2, -0.15) is 0 Å². The number of hydrogen-bond acceptors (Lipinski definition) is 3. The molecule has 0 saturated carbocycles. The number of amides is 1. The number of carbonyl (C=O) groups excluding carboxylic acids is 1. The highest BCUT2D eigenvalue weighted by molar-refractivity contribution is 6.12. The van der Waals surface area contributed by atoms with Gasteiger partial charge < -0.3 is 5.11 Å². The van der Waals surface area contributed by atoms with Crippen LogP contribution >= 0.6 is 0 Å². The first kappa shape index (κ1) is 19.5. The zero-order valence-corrected chi connectivity index (χ0v) is 16.0. The van der Waals surface area contributed by atoms with Gasteiger partial charge in [-0.1, -0.05) is 60.7 Å². The number of hydrogen-bond donors (Lipinski definition) is 1. The smallest absolute Gasteiger partial charge is 0.413 e. The van der Waals surface area contributed by atoms with E-state index in [1.54, 1.807) is 0 Å². The minimum atomic E-state index is -1.17. The summed E-state index contributed by atoms with van der Waals surface area (Å²) in [6, 6.07) is 22.8. The Kier molecular flexibility index (Phi) is 5.39. The van der Waals surface area contributed by atoms with Crippen molar-refractivity contribution in [1.82, 2.24) is 4.90 Å². The third-order valence-electron chi connectivity index (χ3n) is 5.12. The van der Waals surface area contributed by atoms with E-state index >= 15 is 0 Å². The Labute approximate surface area is 173 Å². The molecule has 1 amide bonds. The van der Waals surface area contributed by atoms with Crippen molar-refractivity contribution in [1.29, 1.82) is 0 Å². The van der Waals surface area contributed by atoms with Gasteiger partial charge in [0, 0.05) is 5.56 Å². The summed E-state index contributed by atoms with van der Waals surface area (Å²) in [5, 5.41) is 9.98. The minimum Gasteiger partial charge on any atom is -0.465 e. The Balaban J connectivity index is 1.73. The number of halogens is 1. The van der Waals surface area contributed by atoms with Crippen LogP contribution in [0.5, 0.6) is 0 Å². The zero-order valence-electron chi connectivity index (χ0n) is 16.0. The first-order valence-electron chi connectivity index (χ1n) is 9.52. The Morgan fingerprint density at radius 2 is 1.43 bits per heavy atom. The summed E-state index contributed by atoms with van der Waals surface area (Å²) >= 11 is 0. The number of Topliss-reactive ketones (excluding diaryl/α,β-unsaturated/α-hetero) is 1. The maximum absolute atomic E-state index is 13.2. The normalized spacial score (nSPS) is 18.2. The standard InChI is InChI=1S/C24H19FN2O3/c25-19-13-11-16(12-14-19)20(28)15-21-26-22(17-7-3-1-4-8-17)23(27(21)24(29)30)18-9-5-2-6-10-18/h1-14,22-23H,15H2,(H,29,30)/t22-,23+/m0/s1. The van der Waals surface area contributed by atoms with E-state index in [0.29, 0.717) is 5.56 Å². The number of ketones is 1. The lowest BCUT2D eigenvalue weighted by atomic mass is 9.94. The van der Waals surface area contributed by atoms with Crippen LogP contribution in [-0.4, -0.2) is 27.7 Å². The first-order chi connectivity index (χ1) is 14.5. The van der Waals surface area contributed by atoms with E-state index < -0.39 is 24.0 Å². The molecule has 0 aromatic heterocycles. The van der Waals surface area contributed by atoms with E-state index in [0.717, 1.165) is 11.1 Å². The van der Waals surface area contributed by atoms with Crippen molar-refractivity contribution in [2.45, 2.75) is 18.5 Å². The fraction of sp³-hybridized carbons (Fsp3) is 0.125. The predicted octanol–water partition coefficient (Wildman–Crippen LogP) is 5.27. The molecule has 0 bridgehead atoms. The van der Waals surface area contributed by atoms with Crippen molar-refractivity contribution in [3.05, 3.63) is 107 Å². The van der Waals surface area contributed by atoms with Gasteiger partial charge in [-0.25, -0.2) is 9.18 Å². The van der Waals surface area contributed by atoms with Crippen molar-refractivity contribution in [2.75, 3.05) is 0 Å². The molecule has 4 rings (SSSR count). The van der Waals surface area contributed by atoms with Crippen molar-refractivity contribution in [3.8, 4) is 0 Å². The highest BCUT2D eigenvalue weighted by Crippen LogP contribution is 2.42. The van der Waals surface area contributed by atoms with Crippen LogP contribution in [0.2, 0.25) is 0 Å². The summed E-state index contributed by atoms with van der Waals surface area (Å²) in [7, 11) is 0. The number of amidine groups is 1. The van der Waals surface area contributed by atoms with Crippen molar-refractivity contribution < 1.29 is 19.1 Å². The lowest BCUT2D eigenvalue weighted by Gasteiger charge is -2.27. The number of benzene rings is 3. The molecule has 1 N–H and O–H groups in total. The van der Waals surface area contributed by atoms with Gasteiger partial charge in [-0.05, 0) is 35.4 Å². The largest absolute Gasteiger partial charge is 0.465 e. The molecule has 0 aliphatic carbocycles. The minimum absolute atomic E-state index is 0.180. The summed E-state index contributed by atoms with van der Waals surface area (Å²) in [4.78, 5) is 30.8. The quantitative estimate of drug-likeness (QED) is 0.591. The molecule has 1 aliphatic heterocycles. The Hall–Kier alpha value is -3.80. The zero-order chi connectivity index (χ0) is 21.1. The molecule has 0 fully saturated rings. The molecule has 1 heterocycles. The summed E-state index contributed by atoms with van der Waals surface area (Å²) in [5.74, 6) is -0.578. The highest BCUT2D eigenvalue weighted by Gasteiger charge is 2.42. The number of carbonyl (C=O) groups is 2. The van der Waals surface area contributed by atoms with E-state index in [1.165, 1.54) is 29.2 Å². The van der Waals surface area contributed by atoms with Gasteiger partial charge in [-0.3, -0.25) is 14.7 Å². The van der Waals surface area contributed by atoms with Crippen molar-refractivity contribution >= 4 is 17.7 Å². The number of rotatable bonds is 5. The number of carboxylic acid groups (broad SMARTS) is 1. The Morgan fingerprint density at radius 3 is 2.00 bits per heavy atom. The number of nitrogens with zero attached hydrogens (tertiary/aromatic N) is 2. The molecule has 3 aromatic carbocycles. The molecule has 2 atom stereocenters. The lowest BCUT2D eigenvalue weighted by Crippen LogP contribution is -2.37. The van der Waals surface area contributed by atoms with Crippen LogP contribution in [0.25, 0.3) is 0 Å².